The van der Waals surface area contributed by atoms with Crippen LogP contribution in [0.3, 0.4) is 0 Å². The fraction of sp³-hybridized carbons (Fsp3) is 0.682. The summed E-state index contributed by atoms with van der Waals surface area (Å²) in [4.78, 5) is 17.4. The quantitative estimate of drug-likeness (QED) is 0.849. The van der Waals surface area contributed by atoms with Crippen LogP contribution in [-0.4, -0.2) is 48.4 Å². The summed E-state index contributed by atoms with van der Waals surface area (Å²) >= 11 is 0. The van der Waals surface area contributed by atoms with Crippen molar-refractivity contribution in [1.29, 1.82) is 0 Å². The first-order valence-electron chi connectivity index (χ1n) is 10.3. The van der Waals surface area contributed by atoms with Gasteiger partial charge in [-0.2, -0.15) is 0 Å². The zero-order valence-electron chi connectivity index (χ0n) is 16.3. The molecule has 0 spiro atoms. The Morgan fingerprint density at radius 1 is 1.15 bits per heavy atom. The fourth-order valence-corrected chi connectivity index (χ4v) is 4.71. The molecule has 2 N–H and O–H groups in total. The molecule has 0 bridgehead atoms. The maximum Gasteiger partial charge on any atom is 0.223 e. The lowest BCUT2D eigenvalue weighted by Crippen LogP contribution is -2.47. The summed E-state index contributed by atoms with van der Waals surface area (Å²) in [6.07, 6.45) is 8.79. The van der Waals surface area contributed by atoms with Crippen molar-refractivity contribution in [3.05, 3.63) is 35.9 Å². The number of carbonyl (C=O) groups is 1. The maximum absolute atomic E-state index is 12.9. The van der Waals surface area contributed by atoms with Crippen molar-refractivity contribution in [1.82, 2.24) is 9.80 Å². The Kier molecular flexibility index (Phi) is 6.71. The molecular weight excluding hydrogens is 322 g/mol. The zero-order chi connectivity index (χ0) is 18.4. The smallest absolute Gasteiger partial charge is 0.223 e. The fourth-order valence-electron chi connectivity index (χ4n) is 4.71. The van der Waals surface area contributed by atoms with Crippen LogP contribution in [0.15, 0.2) is 30.3 Å². The minimum atomic E-state index is 0.0671. The van der Waals surface area contributed by atoms with Crippen molar-refractivity contribution < 1.29 is 4.79 Å². The highest BCUT2D eigenvalue weighted by Gasteiger charge is 2.35. The van der Waals surface area contributed by atoms with Gasteiger partial charge in [-0.3, -0.25) is 9.69 Å². The molecule has 4 heteroatoms. The monoisotopic (exact) mass is 357 g/mol. The molecule has 1 saturated carbocycles. The molecule has 26 heavy (non-hydrogen) atoms. The summed E-state index contributed by atoms with van der Waals surface area (Å²) in [6.45, 7) is 3.81. The van der Waals surface area contributed by atoms with Crippen LogP contribution in [0, 0.1) is 5.41 Å². The van der Waals surface area contributed by atoms with Gasteiger partial charge in [-0.1, -0.05) is 49.6 Å². The number of amides is 1. The molecule has 2 aliphatic rings. The van der Waals surface area contributed by atoms with E-state index >= 15 is 0 Å². The van der Waals surface area contributed by atoms with Crippen LogP contribution < -0.4 is 5.73 Å². The molecule has 1 aliphatic heterocycles. The molecule has 1 saturated heterocycles. The summed E-state index contributed by atoms with van der Waals surface area (Å²) < 4.78 is 0. The van der Waals surface area contributed by atoms with Gasteiger partial charge in [-0.25, -0.2) is 0 Å². The number of nitrogens with two attached hydrogens (primary N) is 1. The highest BCUT2D eigenvalue weighted by atomic mass is 16.2. The van der Waals surface area contributed by atoms with E-state index in [1.165, 1.54) is 24.8 Å². The van der Waals surface area contributed by atoms with Gasteiger partial charge < -0.3 is 10.6 Å². The second kappa shape index (κ2) is 9.01. The molecular formula is C22H35N3O. The van der Waals surface area contributed by atoms with Crippen molar-refractivity contribution in [3.8, 4) is 0 Å². The molecule has 4 nitrogen and oxygen atoms in total. The van der Waals surface area contributed by atoms with Gasteiger partial charge in [0.1, 0.15) is 0 Å². The first-order chi connectivity index (χ1) is 12.6. The number of likely N-dealkylation sites (tertiary alicyclic amines) is 1. The molecule has 0 radical (unpaired) electrons. The van der Waals surface area contributed by atoms with E-state index in [0.29, 0.717) is 24.9 Å². The number of benzene rings is 1. The average Bonchev–Trinajstić information content (AvgIpc) is 2.69. The van der Waals surface area contributed by atoms with Crippen molar-refractivity contribution >= 4 is 5.91 Å². The van der Waals surface area contributed by atoms with Gasteiger partial charge in [0.05, 0.1) is 0 Å². The van der Waals surface area contributed by atoms with Gasteiger partial charge in [0, 0.05) is 39.1 Å². The number of rotatable bonds is 6. The third-order valence-corrected chi connectivity index (χ3v) is 6.62. The largest absolute Gasteiger partial charge is 0.343 e. The third kappa shape index (κ3) is 4.86. The minimum Gasteiger partial charge on any atom is -0.343 e. The van der Waals surface area contributed by atoms with Gasteiger partial charge in [0.15, 0.2) is 0 Å². The molecule has 1 aromatic rings. The van der Waals surface area contributed by atoms with Crippen LogP contribution in [0.1, 0.15) is 56.9 Å². The SMILES string of the molecule is CN(C(=O)CC1(CN)CCCCC1)C1CCN(Cc2ccccc2)CC1. The molecule has 3 rings (SSSR count). The predicted octanol–water partition coefficient (Wildman–Crippen LogP) is 3.41. The minimum absolute atomic E-state index is 0.0671. The molecule has 0 aromatic heterocycles. The lowest BCUT2D eigenvalue weighted by Gasteiger charge is -2.40. The Morgan fingerprint density at radius 3 is 2.42 bits per heavy atom. The average molecular weight is 358 g/mol. The van der Waals surface area contributed by atoms with E-state index in [2.05, 4.69) is 35.2 Å². The standard InChI is InChI=1S/C22H35N3O/c1-24(21(26)16-22(18-23)12-6-3-7-13-22)20-10-14-25(15-11-20)17-19-8-4-2-5-9-19/h2,4-5,8-9,20H,3,6-7,10-18,23H2,1H3. The highest BCUT2D eigenvalue weighted by molar-refractivity contribution is 5.77. The first kappa shape index (κ1) is 19.4. The molecule has 1 amide bonds. The summed E-state index contributed by atoms with van der Waals surface area (Å²) in [5.41, 5.74) is 7.52. The Labute approximate surface area is 158 Å². The van der Waals surface area contributed by atoms with Gasteiger partial charge in [-0.05, 0) is 43.2 Å². The van der Waals surface area contributed by atoms with Crippen LogP contribution >= 0.6 is 0 Å². The van der Waals surface area contributed by atoms with Gasteiger partial charge >= 0.3 is 0 Å². The Hall–Kier alpha value is -1.39. The number of carbonyl (C=O) groups excluding carboxylic acids is 1. The van der Waals surface area contributed by atoms with Crippen LogP contribution in [0.4, 0.5) is 0 Å². The molecule has 1 heterocycles. The summed E-state index contributed by atoms with van der Waals surface area (Å²) in [6, 6.07) is 11.0. The van der Waals surface area contributed by atoms with Crippen molar-refractivity contribution in [2.24, 2.45) is 11.1 Å². The lowest BCUT2D eigenvalue weighted by molar-refractivity contribution is -0.135. The first-order valence-corrected chi connectivity index (χ1v) is 10.3. The molecule has 2 fully saturated rings. The summed E-state index contributed by atoms with van der Waals surface area (Å²) in [5, 5.41) is 0. The van der Waals surface area contributed by atoms with Crippen LogP contribution in [-0.2, 0) is 11.3 Å². The summed E-state index contributed by atoms with van der Waals surface area (Å²) in [5.74, 6) is 0.304. The Bertz CT molecular complexity index is 560. The highest BCUT2D eigenvalue weighted by Crippen LogP contribution is 2.39. The van der Waals surface area contributed by atoms with Crippen LogP contribution in [0.2, 0.25) is 0 Å². The van der Waals surface area contributed by atoms with Crippen LogP contribution in [0.5, 0.6) is 0 Å². The Morgan fingerprint density at radius 2 is 1.81 bits per heavy atom. The zero-order valence-corrected chi connectivity index (χ0v) is 16.3. The molecule has 1 aliphatic carbocycles. The molecule has 0 atom stereocenters. The Balaban J connectivity index is 1.48. The van der Waals surface area contributed by atoms with E-state index in [1.54, 1.807) is 0 Å². The lowest BCUT2D eigenvalue weighted by atomic mass is 9.71. The maximum atomic E-state index is 12.9. The second-order valence-electron chi connectivity index (χ2n) is 8.44. The van der Waals surface area contributed by atoms with E-state index in [1.807, 2.05) is 11.9 Å². The topological polar surface area (TPSA) is 49.6 Å². The number of hydrogen-bond acceptors (Lipinski definition) is 3. The van der Waals surface area contributed by atoms with Gasteiger partial charge in [0.25, 0.3) is 0 Å². The van der Waals surface area contributed by atoms with Crippen molar-refractivity contribution in [2.75, 3.05) is 26.7 Å². The number of hydrogen-bond donors (Lipinski definition) is 1. The number of nitrogens with zero attached hydrogens (tertiary/aromatic N) is 2. The molecule has 0 unspecified atom stereocenters. The molecule has 144 valence electrons. The molecule has 1 aromatic carbocycles. The second-order valence-corrected chi connectivity index (χ2v) is 8.44. The van der Waals surface area contributed by atoms with Gasteiger partial charge in [0.2, 0.25) is 5.91 Å². The van der Waals surface area contributed by atoms with Crippen molar-refractivity contribution in [3.63, 3.8) is 0 Å². The normalized spacial score (nSPS) is 21.5. The van der Waals surface area contributed by atoms with E-state index in [9.17, 15) is 4.79 Å². The van der Waals surface area contributed by atoms with E-state index < -0.39 is 0 Å². The number of piperidine rings is 1. The predicted molar refractivity (Wildman–Crippen MR) is 107 cm³/mol. The van der Waals surface area contributed by atoms with Crippen LogP contribution in [0.25, 0.3) is 0 Å². The van der Waals surface area contributed by atoms with E-state index in [-0.39, 0.29) is 5.41 Å². The van der Waals surface area contributed by atoms with E-state index in [0.717, 1.165) is 45.3 Å². The van der Waals surface area contributed by atoms with Crippen molar-refractivity contribution in [2.45, 2.75) is 64.0 Å². The third-order valence-electron chi connectivity index (χ3n) is 6.62. The summed E-state index contributed by atoms with van der Waals surface area (Å²) in [7, 11) is 2.01. The van der Waals surface area contributed by atoms with Gasteiger partial charge in [-0.15, -0.1) is 0 Å². The van der Waals surface area contributed by atoms with E-state index in [4.69, 9.17) is 5.73 Å².